The summed E-state index contributed by atoms with van der Waals surface area (Å²) in [6, 6.07) is 5.12. The highest BCUT2D eigenvalue weighted by atomic mass is 35.5. The molecule has 4 heteroatoms. The maximum Gasteiger partial charge on any atom is 0.241 e. The fraction of sp³-hybridized carbons (Fsp3) is 0.200. The summed E-state index contributed by atoms with van der Waals surface area (Å²) in [5.74, 6) is -0.883. The number of halogens is 1. The van der Waals surface area contributed by atoms with Crippen molar-refractivity contribution in [3.05, 3.63) is 28.8 Å². The summed E-state index contributed by atoms with van der Waals surface area (Å²) in [5.41, 5.74) is 1.46. The van der Waals surface area contributed by atoms with Crippen LogP contribution in [-0.4, -0.2) is 19.2 Å². The predicted octanol–water partition coefficient (Wildman–Crippen LogP) is 1.60. The van der Waals surface area contributed by atoms with Crippen LogP contribution in [0.4, 0.5) is 5.69 Å². The quantitative estimate of drug-likeness (QED) is 0.521. The minimum atomic E-state index is -0.686. The first-order valence-corrected chi connectivity index (χ1v) is 4.55. The third-order valence-corrected chi connectivity index (χ3v) is 2.65. The first-order chi connectivity index (χ1) is 6.65. The van der Waals surface area contributed by atoms with E-state index >= 15 is 0 Å². The number of carbonyl (C=O) groups excluding carboxylic acids is 2. The monoisotopic (exact) mass is 209 g/mol. The van der Waals surface area contributed by atoms with Crippen LogP contribution in [0, 0.1) is 0 Å². The Labute approximate surface area is 86.3 Å². The van der Waals surface area contributed by atoms with Gasteiger partial charge < -0.3 is 9.69 Å². The van der Waals surface area contributed by atoms with Gasteiger partial charge in [-0.05, 0) is 23.8 Å². The van der Waals surface area contributed by atoms with Gasteiger partial charge in [-0.1, -0.05) is 11.6 Å². The van der Waals surface area contributed by atoms with Gasteiger partial charge in [0.15, 0.2) is 0 Å². The van der Waals surface area contributed by atoms with Gasteiger partial charge in [-0.2, -0.15) is 0 Å². The summed E-state index contributed by atoms with van der Waals surface area (Å²) >= 11 is 5.80. The van der Waals surface area contributed by atoms with E-state index in [9.17, 15) is 9.59 Å². The molecule has 0 N–H and O–H groups in total. The average molecular weight is 210 g/mol. The van der Waals surface area contributed by atoms with E-state index in [1.165, 1.54) is 4.90 Å². The number of benzene rings is 1. The molecule has 0 bridgehead atoms. The molecule has 0 spiro atoms. The number of likely N-dealkylation sites (N-methyl/N-ethyl adjacent to an activating group) is 1. The molecule has 1 aromatic carbocycles. The van der Waals surface area contributed by atoms with E-state index in [-0.39, 0.29) is 5.91 Å². The molecule has 1 amide bonds. The van der Waals surface area contributed by atoms with Crippen molar-refractivity contribution in [2.24, 2.45) is 0 Å². The molecule has 1 aromatic rings. The van der Waals surface area contributed by atoms with Gasteiger partial charge in [0.25, 0.3) is 0 Å². The van der Waals surface area contributed by atoms with Gasteiger partial charge in [0, 0.05) is 17.8 Å². The molecule has 0 saturated heterocycles. The molecule has 1 unspecified atom stereocenters. The summed E-state index contributed by atoms with van der Waals surface area (Å²) in [5, 5.41) is 0.540. The molecule has 1 aliphatic heterocycles. The fourth-order valence-electron chi connectivity index (χ4n) is 1.67. The molecule has 0 saturated carbocycles. The van der Waals surface area contributed by atoms with Crippen LogP contribution in [0.1, 0.15) is 11.5 Å². The normalized spacial score (nSPS) is 19.7. The van der Waals surface area contributed by atoms with Gasteiger partial charge in [0.05, 0.1) is 0 Å². The number of rotatable bonds is 1. The van der Waals surface area contributed by atoms with Crippen LogP contribution in [0.5, 0.6) is 0 Å². The molecule has 72 valence electrons. The number of hydrogen-bond donors (Lipinski definition) is 0. The van der Waals surface area contributed by atoms with Crippen LogP contribution >= 0.6 is 11.6 Å². The second-order valence-electron chi connectivity index (χ2n) is 3.21. The van der Waals surface area contributed by atoms with Crippen molar-refractivity contribution in [1.29, 1.82) is 0 Å². The Hall–Kier alpha value is -1.35. The fourth-order valence-corrected chi connectivity index (χ4v) is 1.85. The zero-order valence-electron chi connectivity index (χ0n) is 7.53. The lowest BCUT2D eigenvalue weighted by atomic mass is 10.0. The van der Waals surface area contributed by atoms with Gasteiger partial charge >= 0.3 is 0 Å². The topological polar surface area (TPSA) is 37.4 Å². The lowest BCUT2D eigenvalue weighted by molar-refractivity contribution is -0.122. The third-order valence-electron chi connectivity index (χ3n) is 2.42. The molecule has 3 nitrogen and oxygen atoms in total. The lowest BCUT2D eigenvalue weighted by Crippen LogP contribution is -2.24. The Morgan fingerprint density at radius 2 is 2.21 bits per heavy atom. The second-order valence-corrected chi connectivity index (χ2v) is 3.65. The summed E-state index contributed by atoms with van der Waals surface area (Å²) in [7, 11) is 1.65. The SMILES string of the molecule is CN1C(=O)C(C=O)c2cc(Cl)ccc21. The molecular weight excluding hydrogens is 202 g/mol. The van der Waals surface area contributed by atoms with Crippen molar-refractivity contribution in [2.75, 3.05) is 11.9 Å². The number of nitrogens with zero attached hydrogens (tertiary/aromatic N) is 1. The molecule has 2 rings (SSSR count). The summed E-state index contributed by atoms with van der Waals surface area (Å²) < 4.78 is 0. The van der Waals surface area contributed by atoms with Crippen molar-refractivity contribution >= 4 is 29.5 Å². The maximum absolute atomic E-state index is 11.6. The van der Waals surface area contributed by atoms with Crippen LogP contribution in [-0.2, 0) is 9.59 Å². The van der Waals surface area contributed by atoms with E-state index in [1.807, 2.05) is 0 Å². The molecular formula is C10H8ClNO2. The van der Waals surface area contributed by atoms with E-state index < -0.39 is 5.92 Å². The van der Waals surface area contributed by atoms with Crippen molar-refractivity contribution < 1.29 is 9.59 Å². The Balaban J connectivity index is 2.61. The van der Waals surface area contributed by atoms with Gasteiger partial charge in [-0.25, -0.2) is 0 Å². The first-order valence-electron chi connectivity index (χ1n) is 4.17. The minimum Gasteiger partial charge on any atom is -0.314 e. The Morgan fingerprint density at radius 3 is 2.86 bits per heavy atom. The number of fused-ring (bicyclic) bond motifs is 1. The van der Waals surface area contributed by atoms with Crippen LogP contribution < -0.4 is 4.90 Å². The highest BCUT2D eigenvalue weighted by Gasteiger charge is 2.34. The van der Waals surface area contributed by atoms with Crippen molar-refractivity contribution in [3.63, 3.8) is 0 Å². The number of hydrogen-bond acceptors (Lipinski definition) is 2. The average Bonchev–Trinajstić information content (AvgIpc) is 2.39. The number of aldehydes is 1. The van der Waals surface area contributed by atoms with Gasteiger partial charge in [-0.3, -0.25) is 4.79 Å². The largest absolute Gasteiger partial charge is 0.314 e. The summed E-state index contributed by atoms with van der Waals surface area (Å²) in [6.45, 7) is 0. The maximum atomic E-state index is 11.6. The highest BCUT2D eigenvalue weighted by Crippen LogP contribution is 2.36. The smallest absolute Gasteiger partial charge is 0.241 e. The second kappa shape index (κ2) is 3.10. The lowest BCUT2D eigenvalue weighted by Gasteiger charge is -2.08. The zero-order valence-corrected chi connectivity index (χ0v) is 8.28. The third kappa shape index (κ3) is 1.13. The Kier molecular flexibility index (Phi) is 2.04. The number of carbonyl (C=O) groups is 2. The molecule has 0 fully saturated rings. The number of amides is 1. The van der Waals surface area contributed by atoms with Crippen molar-refractivity contribution in [3.8, 4) is 0 Å². The van der Waals surface area contributed by atoms with Crippen molar-refractivity contribution in [2.45, 2.75) is 5.92 Å². The van der Waals surface area contributed by atoms with Gasteiger partial charge in [-0.15, -0.1) is 0 Å². The molecule has 14 heavy (non-hydrogen) atoms. The van der Waals surface area contributed by atoms with E-state index in [0.29, 0.717) is 16.9 Å². The van der Waals surface area contributed by atoms with Gasteiger partial charge in [0.2, 0.25) is 5.91 Å². The summed E-state index contributed by atoms with van der Waals surface area (Å²) in [6.07, 6.45) is 0.654. The zero-order chi connectivity index (χ0) is 10.3. The summed E-state index contributed by atoms with van der Waals surface area (Å²) in [4.78, 5) is 23.8. The number of anilines is 1. The van der Waals surface area contributed by atoms with E-state index in [1.54, 1.807) is 25.2 Å². The molecule has 1 aliphatic rings. The van der Waals surface area contributed by atoms with E-state index in [0.717, 1.165) is 5.69 Å². The van der Waals surface area contributed by atoms with Gasteiger partial charge in [0.1, 0.15) is 12.2 Å². The molecule has 0 aromatic heterocycles. The molecule has 1 heterocycles. The molecule has 0 aliphatic carbocycles. The Morgan fingerprint density at radius 1 is 1.50 bits per heavy atom. The Bertz CT molecular complexity index is 417. The van der Waals surface area contributed by atoms with Crippen LogP contribution in [0.2, 0.25) is 5.02 Å². The van der Waals surface area contributed by atoms with E-state index in [4.69, 9.17) is 11.6 Å². The van der Waals surface area contributed by atoms with Crippen LogP contribution in [0.15, 0.2) is 18.2 Å². The van der Waals surface area contributed by atoms with E-state index in [2.05, 4.69) is 0 Å². The van der Waals surface area contributed by atoms with Crippen molar-refractivity contribution in [1.82, 2.24) is 0 Å². The standard InChI is InChI=1S/C10H8ClNO2/c1-12-9-3-2-6(11)4-7(9)8(5-13)10(12)14/h2-5,8H,1H3. The molecule has 1 atom stereocenters. The first kappa shape index (κ1) is 9.21. The molecule has 0 radical (unpaired) electrons. The highest BCUT2D eigenvalue weighted by molar-refractivity contribution is 6.31. The van der Waals surface area contributed by atoms with Crippen LogP contribution in [0.25, 0.3) is 0 Å². The predicted molar refractivity (Wildman–Crippen MR) is 53.7 cm³/mol. The minimum absolute atomic E-state index is 0.197. The van der Waals surface area contributed by atoms with Crippen LogP contribution in [0.3, 0.4) is 0 Å².